The number of amides is 2. The van der Waals surface area contributed by atoms with E-state index in [-0.39, 0.29) is 0 Å². The van der Waals surface area contributed by atoms with Crippen molar-refractivity contribution >= 4 is 56.9 Å². The van der Waals surface area contributed by atoms with Crippen molar-refractivity contribution in [2.24, 2.45) is 0 Å². The van der Waals surface area contributed by atoms with E-state index in [1.807, 2.05) is 24.3 Å². The molecule has 0 saturated heterocycles. The molecule has 0 heterocycles. The van der Waals surface area contributed by atoms with Crippen LogP contribution < -0.4 is 10.6 Å². The molecule has 0 fully saturated rings. The number of urea groups is 1. The van der Waals surface area contributed by atoms with Gasteiger partial charge >= 0.3 is 6.03 Å². The van der Waals surface area contributed by atoms with E-state index in [1.165, 1.54) is 0 Å². The molecular formula is C15H11BrCl2N2O. The molecule has 0 atom stereocenters. The van der Waals surface area contributed by atoms with E-state index in [2.05, 4.69) is 26.6 Å². The lowest BCUT2D eigenvalue weighted by Gasteiger charge is -2.07. The first kappa shape index (κ1) is 15.9. The number of nitrogens with one attached hydrogen (secondary N) is 2. The van der Waals surface area contributed by atoms with E-state index in [4.69, 9.17) is 23.2 Å². The van der Waals surface area contributed by atoms with Crippen molar-refractivity contribution in [2.75, 3.05) is 5.32 Å². The molecule has 0 unspecified atom stereocenters. The lowest BCUT2D eigenvalue weighted by molar-refractivity contribution is 0.255. The van der Waals surface area contributed by atoms with Crippen molar-refractivity contribution in [3.05, 3.63) is 68.7 Å². The molecule has 0 aliphatic heterocycles. The first-order valence-corrected chi connectivity index (χ1v) is 7.55. The molecule has 2 rings (SSSR count). The Morgan fingerprint density at radius 3 is 2.52 bits per heavy atom. The van der Waals surface area contributed by atoms with Crippen LogP contribution in [-0.4, -0.2) is 6.03 Å². The Kier molecular flexibility index (Phi) is 5.67. The van der Waals surface area contributed by atoms with Gasteiger partial charge in [-0.15, -0.1) is 0 Å². The minimum atomic E-state index is -0.396. The van der Waals surface area contributed by atoms with E-state index in [0.717, 1.165) is 10.0 Å². The molecule has 0 aromatic heterocycles. The van der Waals surface area contributed by atoms with Gasteiger partial charge in [-0.25, -0.2) is 4.79 Å². The zero-order valence-corrected chi connectivity index (χ0v) is 13.8. The Morgan fingerprint density at radius 1 is 1.10 bits per heavy atom. The van der Waals surface area contributed by atoms with Crippen LogP contribution in [0.3, 0.4) is 0 Å². The number of hydrogen-bond donors (Lipinski definition) is 2. The summed E-state index contributed by atoms with van der Waals surface area (Å²) >= 11 is 15.2. The molecule has 2 aromatic carbocycles. The Morgan fingerprint density at radius 2 is 1.81 bits per heavy atom. The zero-order chi connectivity index (χ0) is 15.2. The molecule has 0 spiro atoms. The summed E-state index contributed by atoms with van der Waals surface area (Å²) in [4.78, 5) is 11.7. The molecule has 0 saturated carbocycles. The predicted molar refractivity (Wildman–Crippen MR) is 91.8 cm³/mol. The van der Waals surface area contributed by atoms with E-state index in [9.17, 15) is 4.79 Å². The van der Waals surface area contributed by atoms with Gasteiger partial charge in [0.05, 0.1) is 15.7 Å². The summed E-state index contributed by atoms with van der Waals surface area (Å²) in [6.07, 6.45) is 3.34. The fraction of sp³-hybridized carbons (Fsp3) is 0. The van der Waals surface area contributed by atoms with Gasteiger partial charge in [0, 0.05) is 10.7 Å². The number of halogens is 3. The highest BCUT2D eigenvalue weighted by atomic mass is 79.9. The van der Waals surface area contributed by atoms with Crippen LogP contribution in [0.15, 0.2) is 53.1 Å². The maximum Gasteiger partial charge on any atom is 0.323 e. The van der Waals surface area contributed by atoms with Crippen molar-refractivity contribution < 1.29 is 4.79 Å². The Bertz CT molecular complexity index is 672. The lowest BCUT2D eigenvalue weighted by Crippen LogP contribution is -2.23. The summed E-state index contributed by atoms with van der Waals surface area (Å²) in [6.45, 7) is 0. The van der Waals surface area contributed by atoms with E-state index < -0.39 is 6.03 Å². The second kappa shape index (κ2) is 7.50. The van der Waals surface area contributed by atoms with E-state index in [0.29, 0.717) is 15.7 Å². The fourth-order valence-corrected chi connectivity index (χ4v) is 2.16. The molecule has 3 nitrogen and oxygen atoms in total. The van der Waals surface area contributed by atoms with Gasteiger partial charge in [0.15, 0.2) is 0 Å². The molecule has 108 valence electrons. The summed E-state index contributed by atoms with van der Waals surface area (Å²) in [5, 5.41) is 5.92. The second-order valence-corrected chi connectivity index (χ2v) is 5.79. The van der Waals surface area contributed by atoms with Crippen LogP contribution in [0.1, 0.15) is 5.56 Å². The van der Waals surface area contributed by atoms with Crippen LogP contribution in [-0.2, 0) is 0 Å². The Hall–Kier alpha value is -1.49. The third-order valence-electron chi connectivity index (χ3n) is 2.56. The van der Waals surface area contributed by atoms with Gasteiger partial charge in [-0.2, -0.15) is 0 Å². The van der Waals surface area contributed by atoms with Crippen LogP contribution in [0.4, 0.5) is 10.5 Å². The van der Waals surface area contributed by atoms with Gasteiger partial charge in [-0.05, 0) is 35.9 Å². The van der Waals surface area contributed by atoms with Gasteiger partial charge < -0.3 is 10.6 Å². The number of rotatable bonds is 3. The molecule has 2 amide bonds. The average Bonchev–Trinajstić information content (AvgIpc) is 2.46. The minimum Gasteiger partial charge on any atom is -0.314 e. The summed E-state index contributed by atoms with van der Waals surface area (Å²) in [7, 11) is 0. The number of anilines is 1. The van der Waals surface area contributed by atoms with Gasteiger partial charge in [0.25, 0.3) is 0 Å². The Balaban J connectivity index is 1.93. The summed E-state index contributed by atoms with van der Waals surface area (Å²) in [5.41, 5.74) is 1.43. The molecule has 0 radical (unpaired) electrons. The van der Waals surface area contributed by atoms with E-state index in [1.54, 1.807) is 30.5 Å². The molecule has 0 bridgehead atoms. The van der Waals surface area contributed by atoms with E-state index >= 15 is 0 Å². The van der Waals surface area contributed by atoms with Gasteiger partial charge in [-0.1, -0.05) is 57.3 Å². The van der Waals surface area contributed by atoms with Crippen molar-refractivity contribution in [1.29, 1.82) is 0 Å². The molecule has 0 aliphatic carbocycles. The number of benzene rings is 2. The smallest absolute Gasteiger partial charge is 0.314 e. The van der Waals surface area contributed by atoms with Gasteiger partial charge in [0.1, 0.15) is 0 Å². The third-order valence-corrected chi connectivity index (χ3v) is 3.91. The van der Waals surface area contributed by atoms with Crippen LogP contribution in [0.2, 0.25) is 10.0 Å². The predicted octanol–water partition coefficient (Wildman–Crippen LogP) is 5.55. The van der Waals surface area contributed by atoms with Gasteiger partial charge in [-0.3, -0.25) is 0 Å². The van der Waals surface area contributed by atoms with Gasteiger partial charge in [0.2, 0.25) is 0 Å². The first-order valence-electron chi connectivity index (χ1n) is 6.00. The van der Waals surface area contributed by atoms with Crippen LogP contribution >= 0.6 is 39.1 Å². The third kappa shape index (κ3) is 4.77. The highest BCUT2D eigenvalue weighted by molar-refractivity contribution is 9.10. The van der Waals surface area contributed by atoms with Crippen molar-refractivity contribution in [2.45, 2.75) is 0 Å². The first-order chi connectivity index (χ1) is 10.1. The highest BCUT2D eigenvalue weighted by Crippen LogP contribution is 2.29. The minimum absolute atomic E-state index is 0.311. The number of carbonyl (C=O) groups is 1. The van der Waals surface area contributed by atoms with Crippen LogP contribution in [0, 0.1) is 0 Å². The number of carbonyl (C=O) groups excluding carboxylic acids is 1. The molecule has 6 heteroatoms. The van der Waals surface area contributed by atoms with Crippen LogP contribution in [0.5, 0.6) is 0 Å². The normalized spacial score (nSPS) is 10.6. The summed E-state index contributed by atoms with van der Waals surface area (Å²) in [6, 6.07) is 12.3. The maximum absolute atomic E-state index is 11.7. The maximum atomic E-state index is 11.7. The largest absolute Gasteiger partial charge is 0.323 e. The summed E-state index contributed by atoms with van der Waals surface area (Å²) in [5.74, 6) is 0. The van der Waals surface area contributed by atoms with Crippen molar-refractivity contribution in [1.82, 2.24) is 5.32 Å². The lowest BCUT2D eigenvalue weighted by atomic mass is 10.2. The molecule has 2 aromatic rings. The SMILES string of the molecule is O=C(N/C=C/c1ccc(Br)cc1)Nc1cccc(Cl)c1Cl. The average molecular weight is 386 g/mol. The fourth-order valence-electron chi connectivity index (χ4n) is 1.55. The topological polar surface area (TPSA) is 41.1 Å². The quantitative estimate of drug-likeness (QED) is 0.714. The Labute approximate surface area is 141 Å². The van der Waals surface area contributed by atoms with Crippen molar-refractivity contribution in [3.63, 3.8) is 0 Å². The van der Waals surface area contributed by atoms with Crippen LogP contribution in [0.25, 0.3) is 6.08 Å². The molecule has 21 heavy (non-hydrogen) atoms. The zero-order valence-electron chi connectivity index (χ0n) is 10.7. The second-order valence-electron chi connectivity index (χ2n) is 4.08. The molecule has 0 aliphatic rings. The molecule has 2 N–H and O–H groups in total. The monoisotopic (exact) mass is 384 g/mol. The summed E-state index contributed by atoms with van der Waals surface area (Å²) < 4.78 is 1.00. The standard InChI is InChI=1S/C15H11BrCl2N2O/c16-11-6-4-10(5-7-11)8-9-19-15(21)20-13-3-1-2-12(17)14(13)18/h1-9H,(H2,19,20,21)/b9-8+. The van der Waals surface area contributed by atoms with Crippen molar-refractivity contribution in [3.8, 4) is 0 Å². The number of hydrogen-bond acceptors (Lipinski definition) is 1. The highest BCUT2D eigenvalue weighted by Gasteiger charge is 2.06. The molecular weight excluding hydrogens is 375 g/mol.